The molecule has 0 saturated heterocycles. The molecule has 0 spiro atoms. The minimum Gasteiger partial charge on any atom is -0.496 e. The van der Waals surface area contributed by atoms with E-state index in [1.807, 2.05) is 68.5 Å². The Balaban J connectivity index is 2.46. The van der Waals surface area contributed by atoms with Gasteiger partial charge in [-0.1, -0.05) is 30.3 Å². The number of aromatic nitrogens is 1. The van der Waals surface area contributed by atoms with E-state index in [0.717, 1.165) is 28.0 Å². The predicted octanol–water partition coefficient (Wildman–Crippen LogP) is 2.55. The zero-order chi connectivity index (χ0) is 20.3. The molecular weight excluding hydrogens is 370 g/mol. The van der Waals surface area contributed by atoms with Gasteiger partial charge in [0.25, 0.3) is 5.56 Å². The van der Waals surface area contributed by atoms with E-state index in [0.29, 0.717) is 20.6 Å². The standard InChI is InChI=1S/C22H17N3O2S/c1-14-8-9-15(2)18(10-14)25-21(26)20(28-22(25)17(12-23)13-24)11-16-6-4-5-7-19(16)27-3/h4-11H,1-3H3/b20-11-. The molecule has 28 heavy (non-hydrogen) atoms. The minimum atomic E-state index is -0.275. The van der Waals surface area contributed by atoms with E-state index in [1.165, 1.54) is 4.57 Å². The molecule has 0 saturated carbocycles. The molecule has 2 aromatic carbocycles. The summed E-state index contributed by atoms with van der Waals surface area (Å²) in [6.45, 7) is 3.83. The largest absolute Gasteiger partial charge is 0.496 e. The Labute approximate surface area is 166 Å². The highest BCUT2D eigenvalue weighted by Crippen LogP contribution is 2.18. The quantitative estimate of drug-likeness (QED) is 0.692. The van der Waals surface area contributed by atoms with Crippen LogP contribution in [0.15, 0.2) is 47.3 Å². The molecule has 0 N–H and O–H groups in total. The second kappa shape index (κ2) is 7.96. The lowest BCUT2D eigenvalue weighted by atomic mass is 10.1. The number of hydrogen-bond donors (Lipinski definition) is 0. The lowest BCUT2D eigenvalue weighted by Crippen LogP contribution is -2.31. The lowest BCUT2D eigenvalue weighted by molar-refractivity contribution is 0.414. The molecule has 0 bridgehead atoms. The van der Waals surface area contributed by atoms with E-state index in [2.05, 4.69) is 0 Å². The first kappa shape index (κ1) is 19.2. The van der Waals surface area contributed by atoms with Crippen LogP contribution in [0.3, 0.4) is 0 Å². The van der Waals surface area contributed by atoms with Gasteiger partial charge in [-0.3, -0.25) is 9.36 Å². The van der Waals surface area contributed by atoms with Crippen LogP contribution in [0.2, 0.25) is 0 Å². The number of aryl methyl sites for hydroxylation is 2. The van der Waals surface area contributed by atoms with Gasteiger partial charge in [0.2, 0.25) is 0 Å². The number of nitriles is 2. The molecule has 0 aliphatic heterocycles. The zero-order valence-corrected chi connectivity index (χ0v) is 16.5. The van der Waals surface area contributed by atoms with Crippen molar-refractivity contribution in [3.8, 4) is 23.6 Å². The summed E-state index contributed by atoms with van der Waals surface area (Å²) >= 11 is 1.12. The summed E-state index contributed by atoms with van der Waals surface area (Å²) in [7, 11) is 1.57. The number of nitrogens with zero attached hydrogens (tertiary/aromatic N) is 3. The van der Waals surface area contributed by atoms with E-state index in [9.17, 15) is 15.3 Å². The van der Waals surface area contributed by atoms with Gasteiger partial charge in [0.15, 0.2) is 5.57 Å². The van der Waals surface area contributed by atoms with Gasteiger partial charge in [-0.25, -0.2) is 0 Å². The molecule has 0 aliphatic carbocycles. The summed E-state index contributed by atoms with van der Waals surface area (Å²) in [6, 6.07) is 16.9. The van der Waals surface area contributed by atoms with E-state index in [4.69, 9.17) is 4.74 Å². The van der Waals surface area contributed by atoms with Gasteiger partial charge in [-0.05, 0) is 43.2 Å². The highest BCUT2D eigenvalue weighted by atomic mass is 32.1. The molecule has 0 radical (unpaired) electrons. The first-order valence-corrected chi connectivity index (χ1v) is 9.30. The monoisotopic (exact) mass is 387 g/mol. The van der Waals surface area contributed by atoms with Gasteiger partial charge in [-0.2, -0.15) is 10.5 Å². The van der Waals surface area contributed by atoms with E-state index in [-0.39, 0.29) is 11.1 Å². The Morgan fingerprint density at radius 3 is 2.54 bits per heavy atom. The second-order valence-corrected chi connectivity index (χ2v) is 7.22. The third-order valence-corrected chi connectivity index (χ3v) is 5.38. The number of para-hydroxylation sites is 1. The van der Waals surface area contributed by atoms with Crippen molar-refractivity contribution in [2.75, 3.05) is 7.11 Å². The van der Waals surface area contributed by atoms with Crippen LogP contribution < -0.4 is 19.5 Å². The normalized spacial score (nSPS) is 11.0. The highest BCUT2D eigenvalue weighted by molar-refractivity contribution is 7.07. The van der Waals surface area contributed by atoms with Gasteiger partial charge in [-0.15, -0.1) is 11.3 Å². The van der Waals surface area contributed by atoms with Gasteiger partial charge < -0.3 is 4.74 Å². The summed E-state index contributed by atoms with van der Waals surface area (Å²) in [5, 5.41) is 18.8. The van der Waals surface area contributed by atoms with Crippen LogP contribution in [0.4, 0.5) is 0 Å². The van der Waals surface area contributed by atoms with Crippen LogP contribution >= 0.6 is 11.3 Å². The highest BCUT2D eigenvalue weighted by Gasteiger charge is 2.13. The molecule has 0 amide bonds. The van der Waals surface area contributed by atoms with Crippen molar-refractivity contribution in [1.29, 1.82) is 10.5 Å². The average Bonchev–Trinajstić information content (AvgIpc) is 3.01. The molecule has 5 nitrogen and oxygen atoms in total. The van der Waals surface area contributed by atoms with Crippen LogP contribution in [0, 0.1) is 36.5 Å². The number of thiazole rings is 1. The van der Waals surface area contributed by atoms with Gasteiger partial charge in [0.1, 0.15) is 22.6 Å². The molecule has 0 unspecified atom stereocenters. The maximum Gasteiger partial charge on any atom is 0.273 e. The Morgan fingerprint density at radius 1 is 1.14 bits per heavy atom. The fourth-order valence-corrected chi connectivity index (χ4v) is 3.92. The number of hydrogen-bond acceptors (Lipinski definition) is 5. The number of benzene rings is 2. The molecule has 0 aliphatic rings. The summed E-state index contributed by atoms with van der Waals surface area (Å²) in [4.78, 5) is 13.3. The molecule has 3 aromatic rings. The van der Waals surface area contributed by atoms with Gasteiger partial charge >= 0.3 is 0 Å². The topological polar surface area (TPSA) is 78.8 Å². The maximum atomic E-state index is 13.3. The molecule has 1 heterocycles. The van der Waals surface area contributed by atoms with Crippen LogP contribution in [0.25, 0.3) is 17.3 Å². The third kappa shape index (κ3) is 3.46. The molecule has 138 valence electrons. The fraction of sp³-hybridized carbons (Fsp3) is 0.136. The minimum absolute atomic E-state index is 0.0947. The van der Waals surface area contributed by atoms with Gasteiger partial charge in [0.05, 0.1) is 17.3 Å². The number of ether oxygens (including phenoxy) is 1. The molecular formula is C22H17N3O2S. The van der Waals surface area contributed by atoms with E-state index in [1.54, 1.807) is 13.2 Å². The Hall–Kier alpha value is -3.61. The van der Waals surface area contributed by atoms with Crippen LogP contribution in [0.5, 0.6) is 5.75 Å². The predicted molar refractivity (Wildman–Crippen MR) is 110 cm³/mol. The first-order chi connectivity index (χ1) is 13.5. The van der Waals surface area contributed by atoms with Crippen LogP contribution in [0.1, 0.15) is 16.7 Å². The zero-order valence-electron chi connectivity index (χ0n) is 15.7. The fourth-order valence-electron chi connectivity index (χ4n) is 2.88. The maximum absolute atomic E-state index is 13.3. The van der Waals surface area contributed by atoms with Crippen molar-refractivity contribution in [1.82, 2.24) is 4.57 Å². The van der Waals surface area contributed by atoms with Gasteiger partial charge in [0, 0.05) is 5.56 Å². The van der Waals surface area contributed by atoms with Crippen molar-refractivity contribution >= 4 is 23.0 Å². The number of methoxy groups -OCH3 is 1. The van der Waals surface area contributed by atoms with E-state index < -0.39 is 0 Å². The van der Waals surface area contributed by atoms with Crippen molar-refractivity contribution in [2.45, 2.75) is 13.8 Å². The number of rotatable bonds is 3. The first-order valence-electron chi connectivity index (χ1n) is 8.49. The SMILES string of the molecule is COc1ccccc1/C=c1\sc(=C(C#N)C#N)n(-c2cc(C)ccc2C)c1=O. The third-order valence-electron chi connectivity index (χ3n) is 4.29. The average molecular weight is 387 g/mol. The second-order valence-electron chi connectivity index (χ2n) is 6.19. The van der Waals surface area contributed by atoms with Crippen molar-refractivity contribution < 1.29 is 4.74 Å². The summed E-state index contributed by atoms with van der Waals surface area (Å²) in [5.74, 6) is 0.639. The van der Waals surface area contributed by atoms with Crippen molar-refractivity contribution in [3.63, 3.8) is 0 Å². The summed E-state index contributed by atoms with van der Waals surface area (Å²) in [5.41, 5.74) is 2.91. The molecule has 0 atom stereocenters. The van der Waals surface area contributed by atoms with Crippen molar-refractivity contribution in [2.24, 2.45) is 0 Å². The van der Waals surface area contributed by atoms with Crippen LogP contribution in [-0.2, 0) is 0 Å². The van der Waals surface area contributed by atoms with Crippen molar-refractivity contribution in [3.05, 3.63) is 78.7 Å². The summed E-state index contributed by atoms with van der Waals surface area (Å²) in [6.07, 6.45) is 1.73. The Bertz CT molecular complexity index is 1300. The lowest BCUT2D eigenvalue weighted by Gasteiger charge is -2.07. The molecule has 0 fully saturated rings. The molecule has 3 rings (SSSR count). The molecule has 1 aromatic heterocycles. The summed E-state index contributed by atoms with van der Waals surface area (Å²) < 4.78 is 7.56. The Kier molecular flexibility index (Phi) is 5.44. The smallest absolute Gasteiger partial charge is 0.273 e. The van der Waals surface area contributed by atoms with E-state index >= 15 is 0 Å². The Morgan fingerprint density at radius 2 is 1.86 bits per heavy atom. The molecule has 6 heteroatoms. The van der Waals surface area contributed by atoms with Crippen LogP contribution in [-0.4, -0.2) is 11.7 Å².